The molecule has 5 rings (SSSR count). The number of aromatic nitrogens is 3. The van der Waals surface area contributed by atoms with E-state index in [1.54, 1.807) is 24.4 Å². The lowest BCUT2D eigenvalue weighted by Gasteiger charge is -2.29. The SMILES string of the molecule is O=C(Nc1cc(C(O)(CCC2CC2)c2ccccn2)ccc1F)c1cc(C(F)(F)F)nn1-c1ccc(Cl)cc1. The molecule has 39 heavy (non-hydrogen) atoms. The first-order valence-electron chi connectivity index (χ1n) is 12.2. The normalized spacial score (nSPS) is 15.1. The number of benzene rings is 2. The van der Waals surface area contributed by atoms with Crippen LogP contribution in [0.3, 0.4) is 0 Å². The average Bonchev–Trinajstić information content (AvgIpc) is 3.63. The third-order valence-electron chi connectivity index (χ3n) is 6.70. The molecule has 0 bridgehead atoms. The lowest BCUT2D eigenvalue weighted by atomic mass is 9.84. The van der Waals surface area contributed by atoms with Crippen LogP contribution in [0.4, 0.5) is 23.2 Å². The third kappa shape index (κ3) is 5.81. The van der Waals surface area contributed by atoms with Gasteiger partial charge >= 0.3 is 6.18 Å². The quantitative estimate of drug-likeness (QED) is 0.234. The van der Waals surface area contributed by atoms with Gasteiger partial charge in [0.05, 0.1) is 17.1 Å². The number of halogens is 5. The van der Waals surface area contributed by atoms with Crippen molar-refractivity contribution in [3.05, 3.63) is 106 Å². The van der Waals surface area contributed by atoms with Gasteiger partial charge in [0.1, 0.15) is 17.1 Å². The van der Waals surface area contributed by atoms with Gasteiger partial charge < -0.3 is 10.4 Å². The zero-order valence-corrected chi connectivity index (χ0v) is 21.2. The summed E-state index contributed by atoms with van der Waals surface area (Å²) in [4.78, 5) is 17.5. The lowest BCUT2D eigenvalue weighted by Crippen LogP contribution is -2.29. The highest BCUT2D eigenvalue weighted by Crippen LogP contribution is 2.41. The van der Waals surface area contributed by atoms with Gasteiger partial charge in [-0.1, -0.05) is 36.6 Å². The van der Waals surface area contributed by atoms with Crippen LogP contribution in [-0.2, 0) is 11.8 Å². The highest BCUT2D eigenvalue weighted by molar-refractivity contribution is 6.30. The Bertz CT molecular complexity index is 1490. The van der Waals surface area contributed by atoms with Gasteiger partial charge in [-0.05, 0) is 72.9 Å². The Kier molecular flexibility index (Phi) is 7.17. The van der Waals surface area contributed by atoms with Gasteiger partial charge in [0.2, 0.25) is 0 Å². The molecule has 1 aliphatic rings. The first-order valence-corrected chi connectivity index (χ1v) is 12.6. The maximum Gasteiger partial charge on any atom is 0.435 e. The second-order valence-corrected chi connectivity index (χ2v) is 9.94. The van der Waals surface area contributed by atoms with Crippen LogP contribution in [0.2, 0.25) is 5.02 Å². The van der Waals surface area contributed by atoms with Gasteiger partial charge in [-0.25, -0.2) is 9.07 Å². The van der Waals surface area contributed by atoms with Crippen molar-refractivity contribution in [3.63, 3.8) is 0 Å². The van der Waals surface area contributed by atoms with E-state index in [0.29, 0.717) is 34.7 Å². The fraction of sp³-hybridized carbons (Fsp3) is 0.250. The number of alkyl halides is 3. The second kappa shape index (κ2) is 10.4. The minimum absolute atomic E-state index is 0.152. The van der Waals surface area contributed by atoms with E-state index < -0.39 is 34.9 Å². The fourth-order valence-corrected chi connectivity index (χ4v) is 4.50. The van der Waals surface area contributed by atoms with Crippen molar-refractivity contribution in [2.75, 3.05) is 5.32 Å². The highest BCUT2D eigenvalue weighted by Gasteiger charge is 2.37. The molecule has 1 fully saturated rings. The predicted octanol–water partition coefficient (Wildman–Crippen LogP) is 6.76. The van der Waals surface area contributed by atoms with E-state index in [9.17, 15) is 27.5 Å². The maximum absolute atomic E-state index is 14.9. The minimum atomic E-state index is -4.82. The Labute approximate surface area is 226 Å². The average molecular weight is 559 g/mol. The van der Waals surface area contributed by atoms with E-state index in [-0.39, 0.29) is 11.4 Å². The summed E-state index contributed by atoms with van der Waals surface area (Å²) in [6.45, 7) is 0. The van der Waals surface area contributed by atoms with Crippen molar-refractivity contribution < 1.29 is 27.5 Å². The number of carbonyl (C=O) groups excluding carboxylic acids is 1. The van der Waals surface area contributed by atoms with Gasteiger partial charge in [-0.2, -0.15) is 18.3 Å². The van der Waals surface area contributed by atoms with Crippen LogP contribution >= 0.6 is 11.6 Å². The van der Waals surface area contributed by atoms with Crippen LogP contribution in [0.1, 0.15) is 53.1 Å². The number of aliphatic hydroxyl groups is 1. The fourth-order valence-electron chi connectivity index (χ4n) is 4.37. The van der Waals surface area contributed by atoms with Gasteiger partial charge in [0.25, 0.3) is 5.91 Å². The summed E-state index contributed by atoms with van der Waals surface area (Å²) >= 11 is 5.89. The maximum atomic E-state index is 14.9. The summed E-state index contributed by atoms with van der Waals surface area (Å²) in [5.74, 6) is -1.36. The van der Waals surface area contributed by atoms with E-state index in [0.717, 1.165) is 30.0 Å². The molecule has 2 heterocycles. The molecule has 1 atom stereocenters. The number of nitrogens with one attached hydrogen (secondary N) is 1. The molecule has 2 aromatic heterocycles. The van der Waals surface area contributed by atoms with Crippen LogP contribution in [0.25, 0.3) is 5.69 Å². The highest BCUT2D eigenvalue weighted by atomic mass is 35.5. The lowest BCUT2D eigenvalue weighted by molar-refractivity contribution is -0.141. The zero-order chi connectivity index (χ0) is 27.8. The van der Waals surface area contributed by atoms with Crippen molar-refractivity contribution >= 4 is 23.2 Å². The van der Waals surface area contributed by atoms with E-state index in [1.165, 1.54) is 36.4 Å². The van der Waals surface area contributed by atoms with Gasteiger partial charge in [0.15, 0.2) is 5.69 Å². The van der Waals surface area contributed by atoms with E-state index in [2.05, 4.69) is 15.4 Å². The Hall–Kier alpha value is -3.76. The molecule has 2 aromatic carbocycles. The Morgan fingerprint density at radius 2 is 1.79 bits per heavy atom. The van der Waals surface area contributed by atoms with Crippen LogP contribution in [0.15, 0.2) is 72.9 Å². The molecule has 1 saturated carbocycles. The number of nitrogens with zero attached hydrogens (tertiary/aromatic N) is 3. The van der Waals surface area contributed by atoms with Crippen molar-refractivity contribution in [2.24, 2.45) is 5.92 Å². The summed E-state index contributed by atoms with van der Waals surface area (Å²) in [6, 6.07) is 15.2. The molecule has 0 aliphatic heterocycles. The molecule has 1 aliphatic carbocycles. The monoisotopic (exact) mass is 558 g/mol. The van der Waals surface area contributed by atoms with Crippen LogP contribution in [0.5, 0.6) is 0 Å². The predicted molar refractivity (Wildman–Crippen MR) is 137 cm³/mol. The molecule has 11 heteroatoms. The van der Waals surface area contributed by atoms with Gasteiger partial charge in [0, 0.05) is 17.3 Å². The first kappa shape index (κ1) is 26.8. The zero-order valence-electron chi connectivity index (χ0n) is 20.4. The molecule has 1 amide bonds. The number of carbonyl (C=O) groups is 1. The van der Waals surface area contributed by atoms with Crippen molar-refractivity contribution in [2.45, 2.75) is 37.5 Å². The molecule has 6 nitrogen and oxygen atoms in total. The van der Waals surface area contributed by atoms with E-state index in [4.69, 9.17) is 11.6 Å². The van der Waals surface area contributed by atoms with Gasteiger partial charge in [-0.3, -0.25) is 9.78 Å². The number of anilines is 1. The smallest absolute Gasteiger partial charge is 0.379 e. The Balaban J connectivity index is 1.50. The second-order valence-electron chi connectivity index (χ2n) is 9.51. The summed E-state index contributed by atoms with van der Waals surface area (Å²) in [5.41, 5.74) is -2.82. The number of pyridine rings is 1. The molecule has 202 valence electrons. The summed E-state index contributed by atoms with van der Waals surface area (Å²) < 4.78 is 56.1. The minimum Gasteiger partial charge on any atom is -0.379 e. The Morgan fingerprint density at radius 3 is 2.44 bits per heavy atom. The van der Waals surface area contributed by atoms with Crippen LogP contribution in [0, 0.1) is 11.7 Å². The van der Waals surface area contributed by atoms with E-state index >= 15 is 0 Å². The first-order chi connectivity index (χ1) is 18.5. The molecule has 4 aromatic rings. The molecule has 1 unspecified atom stereocenters. The molecule has 0 saturated heterocycles. The van der Waals surface area contributed by atoms with Crippen LogP contribution in [-0.4, -0.2) is 25.8 Å². The Morgan fingerprint density at radius 1 is 1.05 bits per heavy atom. The molecule has 0 spiro atoms. The number of rotatable bonds is 8. The van der Waals surface area contributed by atoms with E-state index in [1.807, 2.05) is 0 Å². The third-order valence-corrected chi connectivity index (χ3v) is 6.95. The largest absolute Gasteiger partial charge is 0.435 e. The summed E-state index contributed by atoms with van der Waals surface area (Å²) in [5, 5.41) is 18.0. The molecule has 2 N–H and O–H groups in total. The standard InChI is InChI=1S/C28H23ClF4N4O2/c29-19-7-9-20(10-8-19)37-23(16-25(36-37)28(31,32)33)26(38)35-22-15-18(6-11-21(22)30)27(39,13-12-17-4-5-17)24-3-1-2-14-34-24/h1-3,6-11,14-17,39H,4-5,12-13H2,(H,35,38). The number of hydrogen-bond acceptors (Lipinski definition) is 4. The van der Waals surface area contributed by atoms with Crippen molar-refractivity contribution in [1.29, 1.82) is 0 Å². The topological polar surface area (TPSA) is 80.0 Å². The summed E-state index contributed by atoms with van der Waals surface area (Å²) in [6.07, 6.45) is -0.0779. The molecular weight excluding hydrogens is 536 g/mol. The number of hydrogen-bond donors (Lipinski definition) is 2. The molecule has 0 radical (unpaired) electrons. The van der Waals surface area contributed by atoms with Crippen LogP contribution < -0.4 is 5.32 Å². The summed E-state index contributed by atoms with van der Waals surface area (Å²) in [7, 11) is 0. The van der Waals surface area contributed by atoms with Crippen molar-refractivity contribution in [1.82, 2.24) is 14.8 Å². The van der Waals surface area contributed by atoms with Crippen molar-refractivity contribution in [3.8, 4) is 5.69 Å². The molecular formula is C28H23ClF4N4O2. The number of amides is 1. The van der Waals surface area contributed by atoms with Gasteiger partial charge in [-0.15, -0.1) is 0 Å².